The molecule has 0 N–H and O–H groups in total. The first kappa shape index (κ1) is 20.7. The van der Waals surface area contributed by atoms with E-state index in [-0.39, 0.29) is 0 Å². The number of fused-ring (bicyclic) bond motifs is 1. The Morgan fingerprint density at radius 3 is 2.39 bits per heavy atom. The maximum absolute atomic E-state index is 11.6. The highest BCUT2D eigenvalue weighted by atomic mass is 35.5. The van der Waals surface area contributed by atoms with Crippen LogP contribution in [0.5, 0.6) is 5.75 Å². The van der Waals surface area contributed by atoms with E-state index in [1.54, 1.807) is 12.4 Å². The number of ether oxygens (including phenoxy) is 1. The van der Waals surface area contributed by atoms with E-state index in [9.17, 15) is 8.42 Å². The van der Waals surface area contributed by atoms with Crippen LogP contribution in [-0.2, 0) is 10.0 Å². The van der Waals surface area contributed by atoms with Crippen molar-refractivity contribution in [2.75, 3.05) is 43.9 Å². The highest BCUT2D eigenvalue weighted by molar-refractivity contribution is 7.88. The predicted octanol–water partition coefficient (Wildman–Crippen LogP) is 2.94. The Labute approximate surface area is 187 Å². The number of anilines is 1. The third-order valence-corrected chi connectivity index (χ3v) is 8.03. The van der Waals surface area contributed by atoms with Gasteiger partial charge in [0.25, 0.3) is 0 Å². The van der Waals surface area contributed by atoms with Gasteiger partial charge in [-0.25, -0.2) is 18.4 Å². The van der Waals surface area contributed by atoms with Crippen LogP contribution in [0.25, 0.3) is 5.57 Å². The molecule has 2 fully saturated rings. The highest BCUT2D eigenvalue weighted by Gasteiger charge is 2.56. The zero-order valence-electron chi connectivity index (χ0n) is 17.3. The SMILES string of the molecule is CS(=O)(=O)N1CC=C(c2ccc(OCC3C4CN(c5ncc(Cl)cn5)C[C@@H]34)cc2)CC1. The lowest BCUT2D eigenvalue weighted by atomic mass is 10.0. The largest absolute Gasteiger partial charge is 0.493 e. The average Bonchev–Trinajstić information content (AvgIpc) is 3.21. The number of rotatable bonds is 6. The van der Waals surface area contributed by atoms with E-state index in [0.717, 1.165) is 43.4 Å². The normalized spacial score (nSPS) is 25.8. The van der Waals surface area contributed by atoms with Crippen LogP contribution in [0.1, 0.15) is 12.0 Å². The van der Waals surface area contributed by atoms with Gasteiger partial charge in [-0.2, -0.15) is 4.31 Å². The molecular formula is C22H25ClN4O3S. The maximum atomic E-state index is 11.6. The van der Waals surface area contributed by atoms with Crippen molar-refractivity contribution in [3.8, 4) is 5.75 Å². The van der Waals surface area contributed by atoms with Crippen molar-refractivity contribution in [2.24, 2.45) is 17.8 Å². The molecule has 1 aliphatic carbocycles. The van der Waals surface area contributed by atoms with E-state index in [0.29, 0.717) is 35.9 Å². The minimum absolute atomic E-state index is 0.439. The third-order valence-electron chi connectivity index (χ3n) is 6.57. The van der Waals surface area contributed by atoms with Crippen molar-refractivity contribution in [3.63, 3.8) is 0 Å². The van der Waals surface area contributed by atoms with Crippen LogP contribution < -0.4 is 9.64 Å². The molecule has 0 bridgehead atoms. The van der Waals surface area contributed by atoms with Crippen molar-refractivity contribution in [1.82, 2.24) is 14.3 Å². The fraction of sp³-hybridized carbons (Fsp3) is 0.455. The summed E-state index contributed by atoms with van der Waals surface area (Å²) in [4.78, 5) is 10.8. The van der Waals surface area contributed by atoms with Gasteiger partial charge in [-0.05, 0) is 41.5 Å². The summed E-state index contributed by atoms with van der Waals surface area (Å²) >= 11 is 5.87. The fourth-order valence-corrected chi connectivity index (χ4v) is 5.57. The molecular weight excluding hydrogens is 436 g/mol. The van der Waals surface area contributed by atoms with Gasteiger partial charge in [-0.1, -0.05) is 29.8 Å². The van der Waals surface area contributed by atoms with Crippen LogP contribution in [0.2, 0.25) is 5.02 Å². The van der Waals surface area contributed by atoms with Gasteiger partial charge >= 0.3 is 0 Å². The van der Waals surface area contributed by atoms with Gasteiger partial charge in [0.15, 0.2) is 0 Å². The molecule has 0 spiro atoms. The molecule has 0 amide bonds. The maximum Gasteiger partial charge on any atom is 0.225 e. The van der Waals surface area contributed by atoms with Crippen molar-refractivity contribution in [1.29, 1.82) is 0 Å². The lowest BCUT2D eigenvalue weighted by Gasteiger charge is -2.24. The summed E-state index contributed by atoms with van der Waals surface area (Å²) in [6, 6.07) is 8.13. The van der Waals surface area contributed by atoms with Gasteiger partial charge in [-0.3, -0.25) is 0 Å². The summed E-state index contributed by atoms with van der Waals surface area (Å²) in [6.45, 7) is 3.65. The molecule has 31 heavy (non-hydrogen) atoms. The van der Waals surface area contributed by atoms with E-state index >= 15 is 0 Å². The first-order valence-corrected chi connectivity index (χ1v) is 12.7. The minimum Gasteiger partial charge on any atom is -0.493 e. The summed E-state index contributed by atoms with van der Waals surface area (Å²) in [5.74, 6) is 3.50. The first-order chi connectivity index (χ1) is 14.9. The quantitative estimate of drug-likeness (QED) is 0.659. The second kappa shape index (κ2) is 8.07. The molecule has 7 nitrogen and oxygen atoms in total. The second-order valence-corrected chi connectivity index (χ2v) is 11.0. The lowest BCUT2D eigenvalue weighted by Crippen LogP contribution is -2.33. The van der Waals surface area contributed by atoms with E-state index in [1.807, 2.05) is 18.2 Å². The van der Waals surface area contributed by atoms with Crippen LogP contribution in [0.4, 0.5) is 5.95 Å². The molecule has 1 aromatic heterocycles. The molecule has 2 aromatic rings. The van der Waals surface area contributed by atoms with Gasteiger partial charge in [0, 0.05) is 32.1 Å². The molecule has 1 aromatic carbocycles. The van der Waals surface area contributed by atoms with Gasteiger partial charge in [0.05, 0.1) is 30.3 Å². The first-order valence-electron chi connectivity index (χ1n) is 10.5. The fourth-order valence-electron chi connectivity index (χ4n) is 4.70. The van der Waals surface area contributed by atoms with Crippen LogP contribution in [0.15, 0.2) is 42.7 Å². The number of hydrogen-bond donors (Lipinski definition) is 0. The summed E-state index contributed by atoms with van der Waals surface area (Å²) in [5.41, 5.74) is 2.31. The zero-order valence-corrected chi connectivity index (χ0v) is 18.9. The molecule has 1 saturated carbocycles. The van der Waals surface area contributed by atoms with Gasteiger partial charge < -0.3 is 9.64 Å². The molecule has 9 heteroatoms. The average molecular weight is 461 g/mol. The Hall–Kier alpha value is -2.16. The monoisotopic (exact) mass is 460 g/mol. The van der Waals surface area contributed by atoms with Crippen molar-refractivity contribution < 1.29 is 13.2 Å². The Morgan fingerprint density at radius 1 is 1.13 bits per heavy atom. The molecule has 5 rings (SSSR count). The summed E-state index contributed by atoms with van der Waals surface area (Å²) in [6.07, 6.45) is 7.27. The molecule has 1 saturated heterocycles. The standard InChI is InChI=1S/C22H25ClN4O3S/c1-31(28,29)27-8-6-16(7-9-27)15-2-4-18(5-3-15)30-14-21-19-12-26(13-20(19)21)22-24-10-17(23)11-25-22/h2-6,10-11,19-21H,7-9,12-14H2,1H3/t19-,20?,21?/m1/s1. The number of halogens is 1. The molecule has 3 heterocycles. The summed E-state index contributed by atoms with van der Waals surface area (Å²) in [7, 11) is -3.12. The smallest absolute Gasteiger partial charge is 0.225 e. The number of piperidine rings is 1. The molecule has 164 valence electrons. The van der Waals surface area contributed by atoms with Crippen molar-refractivity contribution >= 4 is 33.1 Å². The van der Waals surface area contributed by atoms with E-state index in [2.05, 4.69) is 27.0 Å². The lowest BCUT2D eigenvalue weighted by molar-refractivity contribution is 0.283. The van der Waals surface area contributed by atoms with E-state index in [1.165, 1.54) is 16.1 Å². The molecule has 3 aliphatic rings. The number of nitrogens with zero attached hydrogens (tertiary/aromatic N) is 4. The number of hydrogen-bond acceptors (Lipinski definition) is 6. The number of sulfonamides is 1. The van der Waals surface area contributed by atoms with Gasteiger partial charge in [0.2, 0.25) is 16.0 Å². The molecule has 2 aliphatic heterocycles. The third kappa shape index (κ3) is 4.42. The second-order valence-electron chi connectivity index (χ2n) is 8.53. The Morgan fingerprint density at radius 2 is 1.81 bits per heavy atom. The Bertz CT molecular complexity index is 1080. The van der Waals surface area contributed by atoms with Crippen LogP contribution in [-0.4, -0.2) is 61.7 Å². The molecule has 2 unspecified atom stereocenters. The van der Waals surface area contributed by atoms with Crippen LogP contribution in [0, 0.1) is 17.8 Å². The van der Waals surface area contributed by atoms with Gasteiger partial charge in [-0.15, -0.1) is 0 Å². The summed E-state index contributed by atoms with van der Waals surface area (Å²) in [5, 5.41) is 0.557. The van der Waals surface area contributed by atoms with E-state index in [4.69, 9.17) is 16.3 Å². The Kier molecular flexibility index (Phi) is 5.40. The minimum atomic E-state index is -3.12. The topological polar surface area (TPSA) is 75.6 Å². The highest BCUT2D eigenvalue weighted by Crippen LogP contribution is 2.52. The van der Waals surface area contributed by atoms with Crippen molar-refractivity contribution in [2.45, 2.75) is 6.42 Å². The van der Waals surface area contributed by atoms with Gasteiger partial charge in [0.1, 0.15) is 5.75 Å². The predicted molar refractivity (Wildman–Crippen MR) is 121 cm³/mol. The Balaban J connectivity index is 1.11. The van der Waals surface area contributed by atoms with Crippen LogP contribution >= 0.6 is 11.6 Å². The van der Waals surface area contributed by atoms with Crippen molar-refractivity contribution in [3.05, 3.63) is 53.3 Å². The zero-order chi connectivity index (χ0) is 21.6. The number of benzene rings is 1. The van der Waals surface area contributed by atoms with E-state index < -0.39 is 10.0 Å². The number of aromatic nitrogens is 2. The molecule has 3 atom stereocenters. The van der Waals surface area contributed by atoms with Crippen LogP contribution in [0.3, 0.4) is 0 Å². The molecule has 0 radical (unpaired) electrons. The summed E-state index contributed by atoms with van der Waals surface area (Å²) < 4.78 is 30.8.